The van der Waals surface area contributed by atoms with Gasteiger partial charge >= 0.3 is 0 Å². The van der Waals surface area contributed by atoms with Gasteiger partial charge in [-0.15, -0.1) is 0 Å². The first kappa shape index (κ1) is 18.3. The van der Waals surface area contributed by atoms with Crippen LogP contribution < -0.4 is 10.1 Å². The summed E-state index contributed by atoms with van der Waals surface area (Å²) < 4.78 is 9.57. The van der Waals surface area contributed by atoms with E-state index in [0.717, 1.165) is 38.2 Å². The van der Waals surface area contributed by atoms with Gasteiger partial charge in [-0.2, -0.15) is 10.1 Å². The fourth-order valence-electron chi connectivity index (χ4n) is 4.35. The van der Waals surface area contributed by atoms with E-state index in [9.17, 15) is 0 Å². The molecule has 0 saturated heterocycles. The van der Waals surface area contributed by atoms with E-state index in [-0.39, 0.29) is 12.1 Å². The highest BCUT2D eigenvalue weighted by atomic mass is 79.9. The van der Waals surface area contributed by atoms with Gasteiger partial charge in [0.2, 0.25) is 5.95 Å². The van der Waals surface area contributed by atoms with Gasteiger partial charge in [0, 0.05) is 28.0 Å². The largest absolute Gasteiger partial charge is 0.480 e. The molecule has 0 spiro atoms. The second kappa shape index (κ2) is 7.06. The van der Waals surface area contributed by atoms with Crippen LogP contribution in [0.15, 0.2) is 83.4 Å². The first-order valence-electron chi connectivity index (χ1n) is 10.0. The van der Waals surface area contributed by atoms with Gasteiger partial charge < -0.3 is 10.1 Å². The minimum atomic E-state index is -0.284. The van der Waals surface area contributed by atoms with Gasteiger partial charge in [-0.3, -0.25) is 4.98 Å². The van der Waals surface area contributed by atoms with Crippen molar-refractivity contribution in [1.29, 1.82) is 0 Å². The van der Waals surface area contributed by atoms with Crippen molar-refractivity contribution >= 4 is 27.6 Å². The van der Waals surface area contributed by atoms with E-state index in [4.69, 9.17) is 4.74 Å². The lowest BCUT2D eigenvalue weighted by molar-refractivity contribution is 0.223. The van der Waals surface area contributed by atoms with Gasteiger partial charge in [-0.1, -0.05) is 45.8 Å². The maximum absolute atomic E-state index is 6.63. The van der Waals surface area contributed by atoms with Crippen molar-refractivity contribution in [1.82, 2.24) is 19.7 Å². The van der Waals surface area contributed by atoms with Crippen molar-refractivity contribution in [3.05, 3.63) is 106 Å². The number of hydrogen-bond acceptors (Lipinski definition) is 5. The molecule has 7 heteroatoms. The first-order chi connectivity index (χ1) is 15.2. The molecule has 2 atom stereocenters. The summed E-state index contributed by atoms with van der Waals surface area (Å²) in [4.78, 5) is 8.84. The topological polar surface area (TPSA) is 64.9 Å². The van der Waals surface area contributed by atoms with Crippen LogP contribution in [-0.4, -0.2) is 19.7 Å². The minimum Gasteiger partial charge on any atom is -0.480 e. The Morgan fingerprint density at radius 3 is 2.74 bits per heavy atom. The molecule has 2 aliphatic rings. The molecule has 0 radical (unpaired) electrons. The zero-order valence-corrected chi connectivity index (χ0v) is 18.2. The molecule has 4 aromatic rings. The molecule has 0 fully saturated rings. The van der Waals surface area contributed by atoms with Crippen molar-refractivity contribution in [2.75, 3.05) is 5.32 Å². The zero-order valence-electron chi connectivity index (χ0n) is 16.7. The molecule has 0 amide bonds. The quantitative estimate of drug-likeness (QED) is 0.429. The van der Waals surface area contributed by atoms with Gasteiger partial charge in [0.05, 0.1) is 5.70 Å². The number of anilines is 1. The maximum Gasteiger partial charge on any atom is 0.226 e. The normalized spacial score (nSPS) is 19.0. The second-order valence-electron chi connectivity index (χ2n) is 7.72. The van der Waals surface area contributed by atoms with Gasteiger partial charge in [-0.05, 0) is 48.4 Å². The van der Waals surface area contributed by atoms with Crippen LogP contribution in [0.4, 0.5) is 5.95 Å². The van der Waals surface area contributed by atoms with Gasteiger partial charge in [0.1, 0.15) is 24.2 Å². The Morgan fingerprint density at radius 2 is 1.94 bits per heavy atom. The van der Waals surface area contributed by atoms with E-state index in [1.165, 1.54) is 5.56 Å². The lowest BCUT2D eigenvalue weighted by Gasteiger charge is -2.39. The van der Waals surface area contributed by atoms with E-state index < -0.39 is 0 Å². The highest BCUT2D eigenvalue weighted by molar-refractivity contribution is 9.10. The number of hydrogen-bond donors (Lipinski definition) is 1. The number of nitrogens with zero attached hydrogens (tertiary/aromatic N) is 4. The van der Waals surface area contributed by atoms with Crippen LogP contribution in [0, 0.1) is 6.92 Å². The molecular weight excluding hydrogens is 454 g/mol. The predicted octanol–water partition coefficient (Wildman–Crippen LogP) is 5.30. The number of ether oxygens (including phenoxy) is 1. The number of benzene rings is 2. The fourth-order valence-corrected chi connectivity index (χ4v) is 4.62. The number of rotatable bonds is 2. The Balaban J connectivity index is 1.64. The zero-order chi connectivity index (χ0) is 20.9. The molecule has 0 aliphatic carbocycles. The number of aryl methyl sites for hydroxylation is 1. The molecule has 0 bridgehead atoms. The standard InChI is InChI=1S/C24H18BrN5O/c1-14-4-9-19-18(11-14)21-20(23(31-19)15-5-7-17(25)8-6-15)22(16-3-2-10-26-12-16)30-24(29-21)27-13-28-30/h2-13,22-23H,1H3,(H,27,28,29)/t22-,23+/m0/s1. The third-order valence-electron chi connectivity index (χ3n) is 5.74. The van der Waals surface area contributed by atoms with Crippen molar-refractivity contribution < 1.29 is 4.74 Å². The second-order valence-corrected chi connectivity index (χ2v) is 8.64. The summed E-state index contributed by atoms with van der Waals surface area (Å²) in [6.07, 6.45) is 4.96. The highest BCUT2D eigenvalue weighted by Crippen LogP contribution is 2.50. The van der Waals surface area contributed by atoms with Gasteiger partial charge in [-0.25, -0.2) is 4.68 Å². The van der Waals surface area contributed by atoms with E-state index >= 15 is 0 Å². The van der Waals surface area contributed by atoms with E-state index in [0.29, 0.717) is 5.95 Å². The molecule has 6 nitrogen and oxygen atoms in total. The Kier molecular flexibility index (Phi) is 4.17. The lowest BCUT2D eigenvalue weighted by Crippen LogP contribution is -2.32. The number of pyridine rings is 1. The summed E-state index contributed by atoms with van der Waals surface area (Å²) in [5.74, 6) is 1.55. The molecule has 2 aromatic carbocycles. The van der Waals surface area contributed by atoms with E-state index in [1.807, 2.05) is 35.1 Å². The van der Waals surface area contributed by atoms with Crippen LogP contribution in [0.3, 0.4) is 0 Å². The molecule has 2 aliphatic heterocycles. The highest BCUT2D eigenvalue weighted by Gasteiger charge is 2.41. The molecule has 0 saturated carbocycles. The molecule has 0 unspecified atom stereocenters. The van der Waals surface area contributed by atoms with Gasteiger partial charge in [0.15, 0.2) is 0 Å². The minimum absolute atomic E-state index is 0.190. The van der Waals surface area contributed by atoms with Gasteiger partial charge in [0.25, 0.3) is 0 Å². The summed E-state index contributed by atoms with van der Waals surface area (Å²) in [6, 6.07) is 18.4. The van der Waals surface area contributed by atoms with Crippen LogP contribution in [0.2, 0.25) is 0 Å². The van der Waals surface area contributed by atoms with Crippen molar-refractivity contribution in [3.63, 3.8) is 0 Å². The molecule has 6 rings (SSSR count). The number of halogens is 1. The molecular formula is C24H18BrN5O. The molecule has 1 N–H and O–H groups in total. The van der Waals surface area contributed by atoms with Crippen LogP contribution in [0.5, 0.6) is 5.75 Å². The Hall–Kier alpha value is -3.45. The number of aromatic nitrogens is 4. The summed E-state index contributed by atoms with van der Waals surface area (Å²) in [5, 5.41) is 8.07. The lowest BCUT2D eigenvalue weighted by atomic mass is 9.85. The molecule has 31 heavy (non-hydrogen) atoms. The van der Waals surface area contributed by atoms with Crippen molar-refractivity contribution in [2.24, 2.45) is 0 Å². The summed E-state index contributed by atoms with van der Waals surface area (Å²) >= 11 is 3.54. The SMILES string of the molecule is Cc1ccc2c(c1)C1=C([C@H](c3cccnc3)n3ncnc3N1)[C@@H](c1ccc(Br)cc1)O2. The van der Waals surface area contributed by atoms with Crippen molar-refractivity contribution in [2.45, 2.75) is 19.1 Å². The molecule has 152 valence electrons. The maximum atomic E-state index is 6.63. The summed E-state index contributed by atoms with van der Waals surface area (Å²) in [5.41, 5.74) is 6.42. The average Bonchev–Trinajstić information content (AvgIpc) is 3.27. The summed E-state index contributed by atoms with van der Waals surface area (Å²) in [6.45, 7) is 2.09. The fraction of sp³-hybridized carbons (Fsp3) is 0.125. The monoisotopic (exact) mass is 471 g/mol. The first-order valence-corrected chi connectivity index (χ1v) is 10.8. The Morgan fingerprint density at radius 1 is 1.06 bits per heavy atom. The Bertz CT molecular complexity index is 1310. The molecule has 2 aromatic heterocycles. The van der Waals surface area contributed by atoms with E-state index in [1.54, 1.807) is 12.5 Å². The number of fused-ring (bicyclic) bond motifs is 3. The third kappa shape index (κ3) is 2.96. The summed E-state index contributed by atoms with van der Waals surface area (Å²) in [7, 11) is 0. The number of nitrogens with one attached hydrogen (secondary N) is 1. The van der Waals surface area contributed by atoms with Crippen LogP contribution >= 0.6 is 15.9 Å². The van der Waals surface area contributed by atoms with E-state index in [2.05, 4.69) is 73.6 Å². The smallest absolute Gasteiger partial charge is 0.226 e. The Labute approximate surface area is 187 Å². The average molecular weight is 472 g/mol. The van der Waals surface area contributed by atoms with Crippen LogP contribution in [0.25, 0.3) is 5.70 Å². The third-order valence-corrected chi connectivity index (χ3v) is 6.27. The molecule has 4 heterocycles. The van der Waals surface area contributed by atoms with Crippen molar-refractivity contribution in [3.8, 4) is 5.75 Å². The van der Waals surface area contributed by atoms with Crippen LogP contribution in [0.1, 0.15) is 34.4 Å². The predicted molar refractivity (Wildman–Crippen MR) is 122 cm³/mol. The van der Waals surface area contributed by atoms with Crippen LogP contribution in [-0.2, 0) is 0 Å².